The lowest BCUT2D eigenvalue weighted by molar-refractivity contribution is -0.132. The number of amides is 1. The van der Waals surface area contributed by atoms with Crippen molar-refractivity contribution in [3.8, 4) is 0 Å². The second-order valence-electron chi connectivity index (χ2n) is 7.63. The third-order valence-corrected chi connectivity index (χ3v) is 5.66. The van der Waals surface area contributed by atoms with E-state index >= 15 is 0 Å². The van der Waals surface area contributed by atoms with Crippen LogP contribution in [-0.2, 0) is 24.3 Å². The molecule has 2 aromatic rings. The number of carbonyl (C=O) groups excluding carboxylic acids is 1. The molecule has 1 amide bonds. The van der Waals surface area contributed by atoms with Gasteiger partial charge in [-0.05, 0) is 31.9 Å². The lowest BCUT2D eigenvalue weighted by Crippen LogP contribution is -2.39. The zero-order valence-corrected chi connectivity index (χ0v) is 15.8. The fraction of sp³-hybridized carbons (Fsp3) is 0.550. The number of benzene rings is 1. The van der Waals surface area contributed by atoms with E-state index in [9.17, 15) is 9.90 Å². The zero-order chi connectivity index (χ0) is 18.8. The van der Waals surface area contributed by atoms with Gasteiger partial charge in [-0.2, -0.15) is 0 Å². The number of fused-ring (bicyclic) bond motifs is 1. The van der Waals surface area contributed by atoms with Gasteiger partial charge in [0.2, 0.25) is 5.91 Å². The van der Waals surface area contributed by atoms with Gasteiger partial charge in [-0.15, -0.1) is 10.2 Å². The molecule has 144 valence electrons. The van der Waals surface area contributed by atoms with Crippen LogP contribution in [0, 0.1) is 0 Å². The summed E-state index contributed by atoms with van der Waals surface area (Å²) in [7, 11) is 2.01. The average molecular weight is 369 g/mol. The fourth-order valence-electron chi connectivity index (χ4n) is 4.16. The van der Waals surface area contributed by atoms with Crippen LogP contribution in [-0.4, -0.2) is 61.8 Å². The lowest BCUT2D eigenvalue weighted by atomic mass is 10.1. The Kier molecular flexibility index (Phi) is 5.22. The van der Waals surface area contributed by atoms with Crippen LogP contribution in [0.3, 0.4) is 0 Å². The van der Waals surface area contributed by atoms with Gasteiger partial charge in [0.15, 0.2) is 11.6 Å². The lowest BCUT2D eigenvalue weighted by Gasteiger charge is -2.29. The van der Waals surface area contributed by atoms with Crippen LogP contribution in [0.4, 0.5) is 0 Å². The number of hydrogen-bond donors (Lipinski definition) is 1. The second-order valence-corrected chi connectivity index (χ2v) is 7.63. The van der Waals surface area contributed by atoms with E-state index in [4.69, 9.17) is 0 Å². The molecule has 2 aliphatic heterocycles. The molecular weight excluding hydrogens is 342 g/mol. The van der Waals surface area contributed by atoms with E-state index in [1.807, 2.05) is 30.1 Å². The fourth-order valence-corrected chi connectivity index (χ4v) is 4.16. The minimum Gasteiger partial charge on any atom is -0.392 e. The molecule has 7 nitrogen and oxygen atoms in total. The Balaban J connectivity index is 1.34. The van der Waals surface area contributed by atoms with Crippen molar-refractivity contribution < 1.29 is 9.90 Å². The summed E-state index contributed by atoms with van der Waals surface area (Å²) < 4.78 is 2.13. The van der Waals surface area contributed by atoms with Crippen molar-refractivity contribution in [2.75, 3.05) is 20.1 Å². The van der Waals surface area contributed by atoms with E-state index in [2.05, 4.69) is 31.8 Å². The van der Waals surface area contributed by atoms with E-state index in [1.54, 1.807) is 0 Å². The number of β-amino-alcohol motifs (C(OH)–C–C–N with tert-alkyl or cyclic N) is 1. The second kappa shape index (κ2) is 7.78. The molecule has 0 unspecified atom stereocenters. The molecule has 0 spiro atoms. The first kappa shape index (κ1) is 18.1. The first-order valence-electron chi connectivity index (χ1n) is 9.74. The maximum Gasteiger partial charge on any atom is 0.223 e. The molecule has 0 radical (unpaired) electrons. The van der Waals surface area contributed by atoms with E-state index in [0.717, 1.165) is 31.0 Å². The summed E-state index contributed by atoms with van der Waals surface area (Å²) in [6.07, 6.45) is 2.74. The molecule has 0 aliphatic carbocycles. The van der Waals surface area contributed by atoms with Gasteiger partial charge in [0.1, 0.15) is 0 Å². The average Bonchev–Trinajstić information content (AvgIpc) is 3.24. The molecule has 7 heteroatoms. The minimum atomic E-state index is -0.306. The monoisotopic (exact) mass is 369 g/mol. The number of likely N-dealkylation sites (tertiary alicyclic amines) is 1. The Labute approximate surface area is 159 Å². The van der Waals surface area contributed by atoms with Gasteiger partial charge in [0, 0.05) is 26.1 Å². The Bertz CT molecular complexity index is 791. The van der Waals surface area contributed by atoms with Crippen molar-refractivity contribution in [3.05, 3.63) is 47.5 Å². The van der Waals surface area contributed by atoms with Gasteiger partial charge in [0.25, 0.3) is 0 Å². The maximum absolute atomic E-state index is 12.6. The van der Waals surface area contributed by atoms with Crippen LogP contribution in [0.15, 0.2) is 30.3 Å². The van der Waals surface area contributed by atoms with Gasteiger partial charge >= 0.3 is 0 Å². The van der Waals surface area contributed by atoms with Crippen LogP contribution in [0.5, 0.6) is 0 Å². The minimum absolute atomic E-state index is 0.106. The molecule has 0 saturated carbocycles. The standard InChI is InChI=1S/C20H27N5O2/c1-23-13-16(26)12-17(23)20-22-21-18-14-24(10-11-25(18)20)19(27)9-5-8-15-6-3-2-4-7-15/h2-4,6-7,16-17,26H,5,8-14H2,1H3/t16-,17+/m1/s1. The Morgan fingerprint density at radius 3 is 2.78 bits per heavy atom. The predicted octanol–water partition coefficient (Wildman–Crippen LogP) is 1.38. The Morgan fingerprint density at radius 2 is 2.04 bits per heavy atom. The van der Waals surface area contributed by atoms with Crippen molar-refractivity contribution >= 4 is 5.91 Å². The molecule has 4 rings (SSSR count). The van der Waals surface area contributed by atoms with Crippen LogP contribution in [0.25, 0.3) is 0 Å². The summed E-state index contributed by atoms with van der Waals surface area (Å²) in [4.78, 5) is 16.6. The van der Waals surface area contributed by atoms with Crippen molar-refractivity contribution in [1.29, 1.82) is 0 Å². The highest BCUT2D eigenvalue weighted by atomic mass is 16.3. The molecule has 1 aromatic heterocycles. The van der Waals surface area contributed by atoms with E-state index in [0.29, 0.717) is 32.5 Å². The predicted molar refractivity (Wildman–Crippen MR) is 101 cm³/mol. The van der Waals surface area contributed by atoms with Crippen LogP contribution < -0.4 is 0 Å². The molecule has 1 saturated heterocycles. The highest BCUT2D eigenvalue weighted by Crippen LogP contribution is 2.30. The summed E-state index contributed by atoms with van der Waals surface area (Å²) in [5, 5.41) is 18.6. The van der Waals surface area contributed by atoms with Crippen molar-refractivity contribution in [3.63, 3.8) is 0 Å². The molecule has 1 N–H and O–H groups in total. The van der Waals surface area contributed by atoms with E-state index in [1.165, 1.54) is 5.56 Å². The van der Waals surface area contributed by atoms with Crippen LogP contribution in [0.2, 0.25) is 0 Å². The number of hydrogen-bond acceptors (Lipinski definition) is 5. The number of aliphatic hydroxyl groups excluding tert-OH is 1. The first-order valence-corrected chi connectivity index (χ1v) is 9.74. The molecule has 2 atom stereocenters. The number of rotatable bonds is 5. The Morgan fingerprint density at radius 1 is 1.22 bits per heavy atom. The van der Waals surface area contributed by atoms with Crippen LogP contribution in [0.1, 0.15) is 42.5 Å². The smallest absolute Gasteiger partial charge is 0.223 e. The third-order valence-electron chi connectivity index (χ3n) is 5.66. The van der Waals surface area contributed by atoms with Crippen molar-refractivity contribution in [1.82, 2.24) is 24.6 Å². The largest absolute Gasteiger partial charge is 0.392 e. The molecule has 2 aliphatic rings. The quantitative estimate of drug-likeness (QED) is 0.862. The van der Waals surface area contributed by atoms with Gasteiger partial charge in [-0.25, -0.2) is 0 Å². The molecular formula is C20H27N5O2. The van der Waals surface area contributed by atoms with Gasteiger partial charge in [-0.1, -0.05) is 30.3 Å². The molecule has 3 heterocycles. The molecule has 1 fully saturated rings. The summed E-state index contributed by atoms with van der Waals surface area (Å²) in [5.41, 5.74) is 1.27. The van der Waals surface area contributed by atoms with E-state index < -0.39 is 0 Å². The molecule has 1 aromatic carbocycles. The maximum atomic E-state index is 12.6. The van der Waals surface area contributed by atoms with E-state index in [-0.39, 0.29) is 18.1 Å². The number of nitrogens with zero attached hydrogens (tertiary/aromatic N) is 5. The first-order chi connectivity index (χ1) is 13.1. The summed E-state index contributed by atoms with van der Waals surface area (Å²) >= 11 is 0. The molecule has 0 bridgehead atoms. The topological polar surface area (TPSA) is 74.5 Å². The summed E-state index contributed by atoms with van der Waals surface area (Å²) in [5.74, 6) is 1.96. The highest BCUT2D eigenvalue weighted by molar-refractivity contribution is 5.76. The number of aromatic nitrogens is 3. The summed E-state index contributed by atoms with van der Waals surface area (Å²) in [6.45, 7) is 2.61. The number of aryl methyl sites for hydroxylation is 1. The number of likely N-dealkylation sites (N-methyl/N-ethyl adjacent to an activating group) is 1. The zero-order valence-electron chi connectivity index (χ0n) is 15.8. The number of carbonyl (C=O) groups is 1. The number of aliphatic hydroxyl groups is 1. The SMILES string of the molecule is CN1C[C@H](O)C[C@H]1c1nnc2n1CCN(C(=O)CCCc1ccccc1)C2. The van der Waals surface area contributed by atoms with Gasteiger partial charge < -0.3 is 14.6 Å². The van der Waals surface area contributed by atoms with Gasteiger partial charge in [-0.3, -0.25) is 9.69 Å². The van der Waals surface area contributed by atoms with Crippen molar-refractivity contribution in [2.45, 2.75) is 50.9 Å². The van der Waals surface area contributed by atoms with Crippen LogP contribution >= 0.6 is 0 Å². The van der Waals surface area contributed by atoms with Gasteiger partial charge in [0.05, 0.1) is 18.7 Å². The Hall–Kier alpha value is -2.25. The summed E-state index contributed by atoms with van der Waals surface area (Å²) in [6, 6.07) is 10.4. The third kappa shape index (κ3) is 3.89. The molecule has 27 heavy (non-hydrogen) atoms. The van der Waals surface area contributed by atoms with Crippen molar-refractivity contribution in [2.24, 2.45) is 0 Å². The normalized spacial score (nSPS) is 22.8. The highest BCUT2D eigenvalue weighted by Gasteiger charge is 2.35.